The Labute approximate surface area is 169 Å². The maximum absolute atomic E-state index is 12.7. The lowest BCUT2D eigenvalue weighted by atomic mass is 9.90. The van der Waals surface area contributed by atoms with Crippen LogP contribution in [-0.4, -0.2) is 42.7 Å². The van der Waals surface area contributed by atoms with Gasteiger partial charge in [-0.15, -0.1) is 0 Å². The van der Waals surface area contributed by atoms with Crippen molar-refractivity contribution >= 4 is 21.7 Å². The van der Waals surface area contributed by atoms with Crippen molar-refractivity contribution in [3.63, 3.8) is 0 Å². The number of piperidine rings is 1. The number of benzene rings is 1. The van der Waals surface area contributed by atoms with Crippen LogP contribution in [0.4, 0.5) is 23.7 Å². The Morgan fingerprint density at radius 2 is 1.66 bits per heavy atom. The minimum absolute atomic E-state index is 0.123. The van der Waals surface area contributed by atoms with E-state index in [0.717, 1.165) is 12.1 Å². The zero-order chi connectivity index (χ0) is 22.2. The smallest absolute Gasteiger partial charge is 0.321 e. The number of carbonyl (C=O) groups is 1. The number of hydrogen-bond acceptors (Lipinski definition) is 3. The minimum atomic E-state index is -4.44. The Morgan fingerprint density at radius 3 is 2.14 bits per heavy atom. The summed E-state index contributed by atoms with van der Waals surface area (Å²) in [6.45, 7) is 8.86. The van der Waals surface area contributed by atoms with Crippen molar-refractivity contribution in [3.8, 4) is 0 Å². The van der Waals surface area contributed by atoms with Gasteiger partial charge in [-0.05, 0) is 64.3 Å². The molecule has 1 aromatic carbocycles. The van der Waals surface area contributed by atoms with Crippen molar-refractivity contribution in [2.45, 2.75) is 64.0 Å². The predicted molar refractivity (Wildman–Crippen MR) is 106 cm³/mol. The van der Waals surface area contributed by atoms with Gasteiger partial charge in [-0.1, -0.05) is 6.92 Å². The van der Waals surface area contributed by atoms with Gasteiger partial charge in [0.15, 0.2) is 0 Å². The fraction of sp³-hybridized carbons (Fsp3) is 0.632. The van der Waals surface area contributed by atoms with E-state index in [1.807, 2.05) is 13.8 Å². The van der Waals surface area contributed by atoms with Crippen LogP contribution in [0.25, 0.3) is 0 Å². The Morgan fingerprint density at radius 1 is 1.10 bits per heavy atom. The summed E-state index contributed by atoms with van der Waals surface area (Å²) >= 11 is 0. The molecule has 1 heterocycles. The first-order valence-electron chi connectivity index (χ1n) is 9.38. The molecule has 6 nitrogen and oxygen atoms in total. The van der Waals surface area contributed by atoms with Gasteiger partial charge in [-0.25, -0.2) is 17.9 Å². The number of likely N-dealkylation sites (tertiary alicyclic amines) is 1. The van der Waals surface area contributed by atoms with Crippen LogP contribution in [0.1, 0.15) is 46.6 Å². The fourth-order valence-corrected chi connectivity index (χ4v) is 4.19. The quantitative estimate of drug-likeness (QED) is 0.752. The van der Waals surface area contributed by atoms with Gasteiger partial charge in [-0.2, -0.15) is 13.2 Å². The molecular weight excluding hydrogens is 407 g/mol. The molecule has 164 valence electrons. The van der Waals surface area contributed by atoms with Crippen LogP contribution in [0.2, 0.25) is 0 Å². The third-order valence-corrected chi connectivity index (χ3v) is 7.36. The van der Waals surface area contributed by atoms with Crippen LogP contribution < -0.4 is 10.0 Å². The Bertz CT molecular complexity index is 833. The molecule has 3 atom stereocenters. The molecule has 1 aliphatic rings. The molecule has 29 heavy (non-hydrogen) atoms. The summed E-state index contributed by atoms with van der Waals surface area (Å²) in [4.78, 5) is 14.2. The van der Waals surface area contributed by atoms with Gasteiger partial charge in [0.1, 0.15) is 0 Å². The number of hydrogen-bond donors (Lipinski definition) is 2. The largest absolute Gasteiger partial charge is 0.416 e. The van der Waals surface area contributed by atoms with Crippen LogP contribution >= 0.6 is 0 Å². The van der Waals surface area contributed by atoms with E-state index in [2.05, 4.69) is 10.0 Å². The molecule has 0 aromatic heterocycles. The first kappa shape index (κ1) is 23.5. The van der Waals surface area contributed by atoms with Crippen molar-refractivity contribution < 1.29 is 26.4 Å². The summed E-state index contributed by atoms with van der Waals surface area (Å²) in [7, 11) is -3.52. The summed E-state index contributed by atoms with van der Waals surface area (Å²) in [5, 5.41) is 2.61. The zero-order valence-electron chi connectivity index (χ0n) is 17.2. The molecule has 2 N–H and O–H groups in total. The number of carbonyl (C=O) groups excluding carboxylic acids is 1. The highest BCUT2D eigenvalue weighted by Crippen LogP contribution is 2.30. The Hall–Kier alpha value is -1.81. The molecule has 1 aromatic rings. The van der Waals surface area contributed by atoms with Crippen molar-refractivity contribution in [1.82, 2.24) is 9.62 Å². The summed E-state index contributed by atoms with van der Waals surface area (Å²) in [5.41, 5.74) is -0.525. The monoisotopic (exact) mass is 435 g/mol. The van der Waals surface area contributed by atoms with Crippen molar-refractivity contribution in [2.75, 3.05) is 11.9 Å². The highest BCUT2D eigenvalue weighted by atomic mass is 32.2. The zero-order valence-corrected chi connectivity index (χ0v) is 18.0. The molecule has 0 bridgehead atoms. The molecule has 0 saturated carbocycles. The van der Waals surface area contributed by atoms with E-state index in [4.69, 9.17) is 0 Å². The van der Waals surface area contributed by atoms with Crippen LogP contribution in [0.5, 0.6) is 0 Å². The molecule has 1 aliphatic heterocycles. The first-order chi connectivity index (χ1) is 13.1. The molecule has 2 rings (SSSR count). The minimum Gasteiger partial charge on any atom is -0.321 e. The number of urea groups is 1. The van der Waals surface area contributed by atoms with Gasteiger partial charge in [0.2, 0.25) is 10.0 Å². The molecule has 1 fully saturated rings. The van der Waals surface area contributed by atoms with Gasteiger partial charge >= 0.3 is 12.2 Å². The van der Waals surface area contributed by atoms with Crippen LogP contribution in [0.15, 0.2) is 24.3 Å². The van der Waals surface area contributed by atoms with E-state index >= 15 is 0 Å². The fourth-order valence-electron chi connectivity index (χ4n) is 3.11. The summed E-state index contributed by atoms with van der Waals surface area (Å²) in [6.07, 6.45) is -3.99. The number of amides is 2. The average molecular weight is 436 g/mol. The highest BCUT2D eigenvalue weighted by Gasteiger charge is 2.38. The molecule has 2 amide bonds. The lowest BCUT2D eigenvalue weighted by Gasteiger charge is -2.42. The van der Waals surface area contributed by atoms with Crippen LogP contribution in [0, 0.1) is 5.92 Å². The summed E-state index contributed by atoms with van der Waals surface area (Å²) < 4.78 is 64.7. The molecule has 0 radical (unpaired) electrons. The maximum Gasteiger partial charge on any atom is 0.416 e. The third kappa shape index (κ3) is 5.63. The van der Waals surface area contributed by atoms with E-state index < -0.39 is 32.5 Å². The van der Waals surface area contributed by atoms with Gasteiger partial charge in [0, 0.05) is 24.3 Å². The van der Waals surface area contributed by atoms with Crippen LogP contribution in [-0.2, 0) is 16.2 Å². The van der Waals surface area contributed by atoms with E-state index in [9.17, 15) is 26.4 Å². The molecule has 0 aliphatic carbocycles. The summed E-state index contributed by atoms with van der Waals surface area (Å²) in [5.74, 6) is -0.123. The van der Waals surface area contributed by atoms with Gasteiger partial charge in [0.25, 0.3) is 0 Å². The summed E-state index contributed by atoms with van der Waals surface area (Å²) in [6, 6.07) is 3.27. The topological polar surface area (TPSA) is 78.5 Å². The van der Waals surface area contributed by atoms with E-state index in [-0.39, 0.29) is 23.7 Å². The number of halogens is 3. The number of anilines is 1. The second kappa shape index (κ2) is 8.14. The SMILES string of the molecule is CC1CN(C(=O)Nc2ccc(C(F)(F)F)cc2)C(C)CC1NS(=O)(=O)C(C)(C)C. The molecule has 0 spiro atoms. The number of rotatable bonds is 3. The Kier molecular flexibility index (Phi) is 6.59. The van der Waals surface area contributed by atoms with Gasteiger partial charge < -0.3 is 10.2 Å². The molecule has 10 heteroatoms. The van der Waals surface area contributed by atoms with E-state index in [0.29, 0.717) is 13.0 Å². The number of alkyl halides is 3. The standard InChI is InChI=1S/C19H28F3N3O3S/c1-12-11-25(13(2)10-16(12)24-29(27,28)18(3,4)5)17(26)23-15-8-6-14(7-9-15)19(20,21)22/h6-9,12-13,16,24H,10-11H2,1-5H3,(H,23,26). The van der Waals surface area contributed by atoms with Crippen molar-refractivity contribution in [3.05, 3.63) is 29.8 Å². The number of nitrogens with zero attached hydrogens (tertiary/aromatic N) is 1. The molecular formula is C19H28F3N3O3S. The number of sulfonamides is 1. The maximum atomic E-state index is 12.7. The Balaban J connectivity index is 2.03. The second-order valence-corrected chi connectivity index (χ2v) is 11.0. The van der Waals surface area contributed by atoms with E-state index in [1.165, 1.54) is 12.1 Å². The second-order valence-electron chi connectivity index (χ2n) is 8.56. The number of nitrogens with one attached hydrogen (secondary N) is 2. The first-order valence-corrected chi connectivity index (χ1v) is 10.9. The molecule has 1 saturated heterocycles. The van der Waals surface area contributed by atoms with Crippen molar-refractivity contribution in [2.24, 2.45) is 5.92 Å². The average Bonchev–Trinajstić information content (AvgIpc) is 2.56. The van der Waals surface area contributed by atoms with Gasteiger partial charge in [0.05, 0.1) is 10.3 Å². The van der Waals surface area contributed by atoms with Crippen LogP contribution in [0.3, 0.4) is 0 Å². The lowest BCUT2D eigenvalue weighted by molar-refractivity contribution is -0.137. The van der Waals surface area contributed by atoms with Gasteiger partial charge in [-0.3, -0.25) is 0 Å². The third-order valence-electron chi connectivity index (χ3n) is 5.14. The predicted octanol–water partition coefficient (Wildman–Crippen LogP) is 4.05. The highest BCUT2D eigenvalue weighted by molar-refractivity contribution is 7.90. The van der Waals surface area contributed by atoms with Crippen molar-refractivity contribution in [1.29, 1.82) is 0 Å². The normalized spacial score (nSPS) is 23.7. The molecule has 3 unspecified atom stereocenters. The lowest BCUT2D eigenvalue weighted by Crippen LogP contribution is -2.57. The van der Waals surface area contributed by atoms with E-state index in [1.54, 1.807) is 25.7 Å².